The number of hydrogen-bond acceptors (Lipinski definition) is 2. The monoisotopic (exact) mass is 271 g/mol. The lowest BCUT2D eigenvalue weighted by atomic mass is 10.1. The molecule has 0 aliphatic rings. The molecule has 0 N–H and O–H groups in total. The number of nitrogens with zero attached hydrogens (tertiary/aromatic N) is 3. The standard InChI is InChI=1S/C18H13N3/c1-2-8-17(9-3-1)21-18(13-19-20-21)16-11-10-14-6-4-5-7-15(14)12-16/h1-13H. The molecule has 0 aliphatic heterocycles. The highest BCUT2D eigenvalue weighted by molar-refractivity contribution is 5.86. The number of para-hydroxylation sites is 1. The Balaban J connectivity index is 1.88. The molecule has 0 saturated heterocycles. The van der Waals surface area contributed by atoms with Crippen LogP contribution in [0.2, 0.25) is 0 Å². The lowest BCUT2D eigenvalue weighted by Crippen LogP contribution is -1.98. The van der Waals surface area contributed by atoms with Crippen LogP contribution in [0.25, 0.3) is 27.7 Å². The SMILES string of the molecule is c1ccc(-n2nncc2-c2ccc3ccccc3c2)cc1. The summed E-state index contributed by atoms with van der Waals surface area (Å²) in [5.74, 6) is 0. The van der Waals surface area contributed by atoms with Crippen LogP contribution >= 0.6 is 0 Å². The summed E-state index contributed by atoms with van der Waals surface area (Å²) < 4.78 is 1.87. The summed E-state index contributed by atoms with van der Waals surface area (Å²) in [6.45, 7) is 0. The summed E-state index contributed by atoms with van der Waals surface area (Å²) >= 11 is 0. The lowest BCUT2D eigenvalue weighted by molar-refractivity contribution is 0.808. The molecule has 0 atom stereocenters. The Kier molecular flexibility index (Phi) is 2.75. The number of benzene rings is 3. The molecule has 0 fully saturated rings. The Bertz CT molecular complexity index is 894. The van der Waals surface area contributed by atoms with Gasteiger partial charge in [-0.15, -0.1) is 5.10 Å². The molecule has 1 aromatic heterocycles. The molecular weight excluding hydrogens is 258 g/mol. The van der Waals surface area contributed by atoms with Crippen LogP contribution in [-0.2, 0) is 0 Å². The molecule has 0 saturated carbocycles. The highest BCUT2D eigenvalue weighted by Crippen LogP contribution is 2.25. The number of hydrogen-bond donors (Lipinski definition) is 0. The van der Waals surface area contributed by atoms with Crippen LogP contribution < -0.4 is 0 Å². The van der Waals surface area contributed by atoms with Crippen molar-refractivity contribution in [1.29, 1.82) is 0 Å². The average molecular weight is 271 g/mol. The molecule has 3 nitrogen and oxygen atoms in total. The minimum absolute atomic E-state index is 0.993. The highest BCUT2D eigenvalue weighted by atomic mass is 15.4. The van der Waals surface area contributed by atoms with Gasteiger partial charge in [-0.05, 0) is 29.0 Å². The van der Waals surface area contributed by atoms with Crippen molar-refractivity contribution in [3.05, 3.63) is 79.0 Å². The van der Waals surface area contributed by atoms with Gasteiger partial charge in [-0.2, -0.15) is 0 Å². The Morgan fingerprint density at radius 3 is 2.33 bits per heavy atom. The summed E-state index contributed by atoms with van der Waals surface area (Å²) in [4.78, 5) is 0. The van der Waals surface area contributed by atoms with Gasteiger partial charge in [0.05, 0.1) is 17.6 Å². The zero-order valence-electron chi connectivity index (χ0n) is 11.3. The molecule has 0 aliphatic carbocycles. The molecule has 1 heterocycles. The van der Waals surface area contributed by atoms with Crippen molar-refractivity contribution >= 4 is 10.8 Å². The van der Waals surface area contributed by atoms with Crippen molar-refractivity contribution in [3.8, 4) is 16.9 Å². The second-order valence-electron chi connectivity index (χ2n) is 4.93. The first kappa shape index (κ1) is 11.9. The third-order valence-corrected chi connectivity index (χ3v) is 3.60. The second kappa shape index (κ2) is 4.87. The molecule has 3 aromatic carbocycles. The fourth-order valence-corrected chi connectivity index (χ4v) is 2.54. The minimum Gasteiger partial charge on any atom is -0.213 e. The normalized spacial score (nSPS) is 10.9. The van der Waals surface area contributed by atoms with Gasteiger partial charge >= 0.3 is 0 Å². The van der Waals surface area contributed by atoms with Crippen LogP contribution in [0.5, 0.6) is 0 Å². The first-order valence-corrected chi connectivity index (χ1v) is 6.87. The predicted molar refractivity (Wildman–Crippen MR) is 84.3 cm³/mol. The Morgan fingerprint density at radius 1 is 0.714 bits per heavy atom. The van der Waals surface area contributed by atoms with Crippen molar-refractivity contribution in [2.45, 2.75) is 0 Å². The van der Waals surface area contributed by atoms with E-state index in [9.17, 15) is 0 Å². The molecule has 0 radical (unpaired) electrons. The van der Waals surface area contributed by atoms with Crippen LogP contribution in [-0.4, -0.2) is 15.0 Å². The van der Waals surface area contributed by atoms with Gasteiger partial charge in [0.2, 0.25) is 0 Å². The molecular formula is C18H13N3. The maximum Gasteiger partial charge on any atom is 0.0944 e. The van der Waals surface area contributed by atoms with Crippen LogP contribution in [0.4, 0.5) is 0 Å². The fourth-order valence-electron chi connectivity index (χ4n) is 2.54. The van der Waals surface area contributed by atoms with Gasteiger partial charge in [0.1, 0.15) is 0 Å². The lowest BCUT2D eigenvalue weighted by Gasteiger charge is -2.07. The van der Waals surface area contributed by atoms with Gasteiger partial charge in [0, 0.05) is 5.56 Å². The Morgan fingerprint density at radius 2 is 1.48 bits per heavy atom. The van der Waals surface area contributed by atoms with E-state index in [1.807, 2.05) is 35.0 Å². The molecule has 0 unspecified atom stereocenters. The molecule has 4 rings (SSSR count). The van der Waals surface area contributed by atoms with Crippen LogP contribution in [0.1, 0.15) is 0 Å². The quantitative estimate of drug-likeness (QED) is 0.550. The number of aromatic nitrogens is 3. The molecule has 4 aromatic rings. The van der Waals surface area contributed by atoms with Crippen LogP contribution in [0.15, 0.2) is 79.0 Å². The number of rotatable bonds is 2. The minimum atomic E-state index is 0.993. The summed E-state index contributed by atoms with van der Waals surface area (Å²) in [7, 11) is 0. The number of fused-ring (bicyclic) bond motifs is 1. The van der Waals surface area contributed by atoms with E-state index in [0.717, 1.165) is 16.9 Å². The van der Waals surface area contributed by atoms with E-state index in [0.29, 0.717) is 0 Å². The van der Waals surface area contributed by atoms with E-state index in [-0.39, 0.29) is 0 Å². The predicted octanol–water partition coefficient (Wildman–Crippen LogP) is 4.09. The first-order chi connectivity index (χ1) is 10.4. The molecule has 21 heavy (non-hydrogen) atoms. The summed E-state index contributed by atoms with van der Waals surface area (Å²) in [6, 6.07) is 24.8. The third-order valence-electron chi connectivity index (χ3n) is 3.60. The van der Waals surface area contributed by atoms with E-state index in [1.54, 1.807) is 6.20 Å². The maximum absolute atomic E-state index is 4.21. The van der Waals surface area contributed by atoms with Gasteiger partial charge < -0.3 is 0 Å². The third kappa shape index (κ3) is 2.09. The van der Waals surface area contributed by atoms with Crippen molar-refractivity contribution in [2.24, 2.45) is 0 Å². The average Bonchev–Trinajstić information content (AvgIpc) is 3.05. The fraction of sp³-hybridized carbons (Fsp3) is 0. The smallest absolute Gasteiger partial charge is 0.0944 e. The van der Waals surface area contributed by atoms with Crippen molar-refractivity contribution in [2.75, 3.05) is 0 Å². The summed E-state index contributed by atoms with van der Waals surface area (Å²) in [5, 5.41) is 10.7. The van der Waals surface area contributed by atoms with Crippen LogP contribution in [0, 0.1) is 0 Å². The van der Waals surface area contributed by atoms with Gasteiger partial charge in [-0.1, -0.05) is 59.8 Å². The van der Waals surface area contributed by atoms with Gasteiger partial charge in [0.15, 0.2) is 0 Å². The molecule has 100 valence electrons. The van der Waals surface area contributed by atoms with Crippen molar-refractivity contribution < 1.29 is 0 Å². The summed E-state index contributed by atoms with van der Waals surface area (Å²) in [6.07, 6.45) is 1.80. The van der Waals surface area contributed by atoms with E-state index in [2.05, 4.69) is 52.8 Å². The molecule has 0 amide bonds. The van der Waals surface area contributed by atoms with Crippen molar-refractivity contribution in [1.82, 2.24) is 15.0 Å². The maximum atomic E-state index is 4.21. The van der Waals surface area contributed by atoms with Gasteiger partial charge in [0.25, 0.3) is 0 Å². The van der Waals surface area contributed by atoms with Gasteiger partial charge in [-0.3, -0.25) is 0 Å². The molecule has 0 bridgehead atoms. The van der Waals surface area contributed by atoms with Gasteiger partial charge in [-0.25, -0.2) is 4.68 Å². The van der Waals surface area contributed by atoms with E-state index >= 15 is 0 Å². The van der Waals surface area contributed by atoms with Crippen LogP contribution in [0.3, 0.4) is 0 Å². The highest BCUT2D eigenvalue weighted by Gasteiger charge is 2.08. The Hall–Kier alpha value is -2.94. The second-order valence-corrected chi connectivity index (χ2v) is 4.93. The van der Waals surface area contributed by atoms with E-state index in [1.165, 1.54) is 10.8 Å². The summed E-state index contributed by atoms with van der Waals surface area (Å²) in [5.41, 5.74) is 3.12. The van der Waals surface area contributed by atoms with E-state index < -0.39 is 0 Å². The first-order valence-electron chi connectivity index (χ1n) is 6.87. The molecule has 3 heteroatoms. The topological polar surface area (TPSA) is 30.7 Å². The molecule has 0 spiro atoms. The zero-order chi connectivity index (χ0) is 14.1. The zero-order valence-corrected chi connectivity index (χ0v) is 11.3. The van der Waals surface area contributed by atoms with E-state index in [4.69, 9.17) is 0 Å². The Labute approximate surface area is 122 Å². The van der Waals surface area contributed by atoms with Crippen molar-refractivity contribution in [3.63, 3.8) is 0 Å². The largest absolute Gasteiger partial charge is 0.213 e.